The highest BCUT2D eigenvalue weighted by molar-refractivity contribution is 5.97. The second-order valence-corrected chi connectivity index (χ2v) is 6.94. The third-order valence-corrected chi connectivity index (χ3v) is 5.27. The third kappa shape index (κ3) is 3.13. The molecule has 1 aliphatic rings. The molecule has 2 aromatic heterocycles. The van der Waals surface area contributed by atoms with Crippen molar-refractivity contribution < 1.29 is 23.1 Å². The van der Waals surface area contributed by atoms with E-state index in [1.54, 1.807) is 25.8 Å². The number of aliphatic hydroxyl groups excluding tert-OH is 1. The first-order valence-electron chi connectivity index (χ1n) is 8.75. The third-order valence-electron chi connectivity index (χ3n) is 5.27. The molecule has 0 bridgehead atoms. The number of carbonyl (C=O) groups excluding carboxylic acids is 1. The number of hydrogen-bond donors (Lipinski definition) is 2. The van der Waals surface area contributed by atoms with Gasteiger partial charge in [0.05, 0.1) is 35.5 Å². The van der Waals surface area contributed by atoms with Crippen molar-refractivity contribution in [3.63, 3.8) is 0 Å². The largest absolute Gasteiger partial charge is 0.449 e. The lowest BCUT2D eigenvalue weighted by Gasteiger charge is -2.29. The van der Waals surface area contributed by atoms with Crippen molar-refractivity contribution in [2.24, 2.45) is 0 Å². The molecular formula is C18H18F3N5O2. The number of benzene rings is 1. The summed E-state index contributed by atoms with van der Waals surface area (Å²) in [6, 6.07) is 3.60. The summed E-state index contributed by atoms with van der Waals surface area (Å²) in [5, 5.41) is 10.7. The summed E-state index contributed by atoms with van der Waals surface area (Å²) in [6.07, 6.45) is 0.965. The molecule has 28 heavy (non-hydrogen) atoms. The summed E-state index contributed by atoms with van der Waals surface area (Å²) >= 11 is 0. The van der Waals surface area contributed by atoms with Gasteiger partial charge in [-0.05, 0) is 31.0 Å². The minimum atomic E-state index is -4.59. The molecule has 0 aliphatic heterocycles. The van der Waals surface area contributed by atoms with Gasteiger partial charge >= 0.3 is 6.18 Å². The second-order valence-electron chi connectivity index (χ2n) is 6.94. The summed E-state index contributed by atoms with van der Waals surface area (Å²) in [4.78, 5) is 24.0. The molecule has 3 atom stereocenters. The van der Waals surface area contributed by atoms with Crippen molar-refractivity contribution in [2.45, 2.75) is 37.2 Å². The highest BCUT2D eigenvalue weighted by atomic mass is 19.4. The van der Waals surface area contributed by atoms with Crippen LogP contribution in [0.1, 0.15) is 35.1 Å². The molecule has 0 spiro atoms. The number of rotatable bonds is 3. The Labute approximate surface area is 157 Å². The Bertz CT molecular complexity index is 998. The number of likely N-dealkylation sites (N-methyl/N-ethyl adjacent to an activating group) is 1. The minimum absolute atomic E-state index is 0.132. The Balaban J connectivity index is 1.55. The lowest BCUT2D eigenvalue weighted by Crippen LogP contribution is -2.43. The molecule has 1 aromatic carbocycles. The van der Waals surface area contributed by atoms with Crippen LogP contribution in [0.5, 0.6) is 0 Å². The van der Waals surface area contributed by atoms with Crippen LogP contribution in [0.3, 0.4) is 0 Å². The van der Waals surface area contributed by atoms with Crippen molar-refractivity contribution in [2.75, 3.05) is 7.05 Å². The Morgan fingerprint density at radius 2 is 2.14 bits per heavy atom. The first-order chi connectivity index (χ1) is 13.3. The zero-order chi connectivity index (χ0) is 20.1. The van der Waals surface area contributed by atoms with Crippen LogP contribution in [0.2, 0.25) is 0 Å². The second kappa shape index (κ2) is 6.62. The summed E-state index contributed by atoms with van der Waals surface area (Å²) in [5.74, 6) is -1.48. The van der Waals surface area contributed by atoms with Crippen LogP contribution in [0.25, 0.3) is 11.0 Å². The first kappa shape index (κ1) is 18.5. The number of aliphatic hydroxyl groups is 1. The maximum atomic E-state index is 12.9. The zero-order valence-corrected chi connectivity index (χ0v) is 14.9. The van der Waals surface area contributed by atoms with Crippen LogP contribution >= 0.6 is 0 Å². The molecule has 1 aliphatic carbocycles. The van der Waals surface area contributed by atoms with Crippen molar-refractivity contribution >= 4 is 16.9 Å². The predicted molar refractivity (Wildman–Crippen MR) is 93.5 cm³/mol. The van der Waals surface area contributed by atoms with Gasteiger partial charge in [-0.3, -0.25) is 4.79 Å². The van der Waals surface area contributed by atoms with Gasteiger partial charge in [-0.15, -0.1) is 0 Å². The molecule has 2 heterocycles. The molecule has 10 heteroatoms. The molecule has 2 N–H and O–H groups in total. The molecular weight excluding hydrogens is 375 g/mol. The number of H-pyrrole nitrogens is 1. The van der Waals surface area contributed by atoms with Gasteiger partial charge in [0.1, 0.15) is 0 Å². The summed E-state index contributed by atoms with van der Waals surface area (Å²) in [5.41, 5.74) is 0.494. The number of nitrogens with zero attached hydrogens (tertiary/aromatic N) is 4. The summed E-state index contributed by atoms with van der Waals surface area (Å²) in [7, 11) is 1.59. The Kier molecular flexibility index (Phi) is 4.37. The van der Waals surface area contributed by atoms with E-state index in [1.807, 2.05) is 4.57 Å². The van der Waals surface area contributed by atoms with Crippen LogP contribution < -0.4 is 0 Å². The summed E-state index contributed by atoms with van der Waals surface area (Å²) < 4.78 is 40.3. The van der Waals surface area contributed by atoms with Gasteiger partial charge in [0, 0.05) is 25.0 Å². The van der Waals surface area contributed by atoms with Crippen molar-refractivity contribution in [1.82, 2.24) is 24.4 Å². The average molecular weight is 393 g/mol. The lowest BCUT2D eigenvalue weighted by atomic mass is 10.1. The van der Waals surface area contributed by atoms with Gasteiger partial charge in [0.25, 0.3) is 5.91 Å². The van der Waals surface area contributed by atoms with E-state index in [0.717, 1.165) is 0 Å². The Hall–Kier alpha value is -2.88. The highest BCUT2D eigenvalue weighted by Gasteiger charge is 2.40. The normalized spacial score (nSPS) is 22.7. The number of aromatic nitrogens is 4. The molecule has 7 nitrogen and oxygen atoms in total. The van der Waals surface area contributed by atoms with E-state index in [-0.39, 0.29) is 28.5 Å². The fraction of sp³-hybridized carbons (Fsp3) is 0.389. The first-order valence-corrected chi connectivity index (χ1v) is 8.75. The smallest absolute Gasteiger partial charge is 0.389 e. The van der Waals surface area contributed by atoms with E-state index in [1.165, 1.54) is 23.1 Å². The minimum Gasteiger partial charge on any atom is -0.389 e. The van der Waals surface area contributed by atoms with E-state index in [0.29, 0.717) is 12.8 Å². The molecule has 3 aromatic rings. The number of nitrogens with one attached hydrogen (secondary N) is 1. The molecule has 1 fully saturated rings. The molecule has 1 saturated carbocycles. The van der Waals surface area contributed by atoms with Gasteiger partial charge in [-0.2, -0.15) is 13.2 Å². The number of carbonyl (C=O) groups is 1. The van der Waals surface area contributed by atoms with Crippen molar-refractivity contribution in [3.8, 4) is 0 Å². The Morgan fingerprint density at radius 3 is 2.82 bits per heavy atom. The van der Waals surface area contributed by atoms with E-state index in [2.05, 4.69) is 15.0 Å². The lowest BCUT2D eigenvalue weighted by molar-refractivity contribution is -0.144. The fourth-order valence-electron chi connectivity index (χ4n) is 3.78. The standard InChI is InChI=1S/C18H18F3N5O2/c1-25(13-4-5-14(15(13)27)26-7-6-22-9-26)16(28)10-2-3-11-12(8-10)24-17(23-11)18(19,20)21/h2-3,6-9,13-15,27H,4-5H2,1H3,(H,23,24)/t13-,14-,15-/m1/s1. The number of hydrogen-bond acceptors (Lipinski definition) is 4. The maximum absolute atomic E-state index is 12.9. The number of fused-ring (bicyclic) bond motifs is 1. The van der Waals surface area contributed by atoms with Gasteiger partial charge in [-0.1, -0.05) is 0 Å². The molecule has 4 rings (SSSR count). The van der Waals surface area contributed by atoms with Crippen LogP contribution in [0, 0.1) is 0 Å². The molecule has 0 saturated heterocycles. The van der Waals surface area contributed by atoms with E-state index in [9.17, 15) is 23.1 Å². The topological polar surface area (TPSA) is 87.0 Å². The van der Waals surface area contributed by atoms with Crippen LogP contribution in [-0.2, 0) is 6.18 Å². The number of amides is 1. The van der Waals surface area contributed by atoms with Crippen molar-refractivity contribution in [3.05, 3.63) is 48.3 Å². The SMILES string of the molecule is CN(C(=O)c1ccc2nc(C(F)(F)F)[nH]c2c1)[C@@H]1CC[C@@H](n2ccnc2)[C@@H]1O. The van der Waals surface area contributed by atoms with Gasteiger partial charge in [-0.25, -0.2) is 9.97 Å². The number of aromatic amines is 1. The van der Waals surface area contributed by atoms with Crippen LogP contribution in [0.4, 0.5) is 13.2 Å². The monoisotopic (exact) mass is 393 g/mol. The van der Waals surface area contributed by atoms with E-state index in [4.69, 9.17) is 0 Å². The van der Waals surface area contributed by atoms with Crippen molar-refractivity contribution in [1.29, 1.82) is 0 Å². The van der Waals surface area contributed by atoms with Crippen LogP contribution in [0.15, 0.2) is 36.9 Å². The zero-order valence-electron chi connectivity index (χ0n) is 14.9. The fourth-order valence-corrected chi connectivity index (χ4v) is 3.78. The molecule has 0 unspecified atom stereocenters. The number of alkyl halides is 3. The van der Waals surface area contributed by atoms with Gasteiger partial charge < -0.3 is 19.6 Å². The molecule has 148 valence electrons. The van der Waals surface area contributed by atoms with Gasteiger partial charge in [0.2, 0.25) is 5.82 Å². The quantitative estimate of drug-likeness (QED) is 0.716. The molecule has 0 radical (unpaired) electrons. The predicted octanol–water partition coefficient (Wildman–Crippen LogP) is 2.61. The summed E-state index contributed by atoms with van der Waals surface area (Å²) in [6.45, 7) is 0. The van der Waals surface area contributed by atoms with Crippen LogP contribution in [-0.4, -0.2) is 54.6 Å². The number of imidazole rings is 2. The Morgan fingerprint density at radius 1 is 1.36 bits per heavy atom. The molecule has 1 amide bonds. The average Bonchev–Trinajstić information content (AvgIpc) is 3.38. The highest BCUT2D eigenvalue weighted by Crippen LogP contribution is 2.34. The number of halogens is 3. The van der Waals surface area contributed by atoms with Gasteiger partial charge in [0.15, 0.2) is 0 Å². The van der Waals surface area contributed by atoms with E-state index >= 15 is 0 Å². The maximum Gasteiger partial charge on any atom is 0.449 e. The van der Waals surface area contributed by atoms with E-state index < -0.39 is 24.1 Å².